The van der Waals surface area contributed by atoms with Gasteiger partial charge >= 0.3 is 0 Å². The van der Waals surface area contributed by atoms with Crippen molar-refractivity contribution in [1.29, 1.82) is 0 Å². The molecule has 0 heterocycles. The van der Waals surface area contributed by atoms with Gasteiger partial charge in [-0.15, -0.1) is 0 Å². The van der Waals surface area contributed by atoms with Crippen molar-refractivity contribution in [2.75, 3.05) is 18.4 Å². The number of ether oxygens (including phenoxy) is 1. The van der Waals surface area contributed by atoms with Crippen LogP contribution in [0.15, 0.2) is 47.4 Å². The molecule has 0 aliphatic heterocycles. The summed E-state index contributed by atoms with van der Waals surface area (Å²) in [7, 11) is -2.67. The third kappa shape index (κ3) is 5.50. The monoisotopic (exact) mass is 433 g/mol. The molecule has 0 aliphatic rings. The molecule has 0 spiro atoms. The maximum atomic E-state index is 13.0. The number of carbonyl (C=O) groups is 2. The highest BCUT2D eigenvalue weighted by Crippen LogP contribution is 2.25. The Bertz CT molecular complexity index is 1020. The van der Waals surface area contributed by atoms with E-state index in [1.807, 2.05) is 13.8 Å². The molecular weight excluding hydrogens is 406 g/mol. The summed E-state index contributed by atoms with van der Waals surface area (Å²) in [6.45, 7) is 5.95. The summed E-state index contributed by atoms with van der Waals surface area (Å²) < 4.78 is 33.6. The quantitative estimate of drug-likeness (QED) is 0.563. The predicted molar refractivity (Wildman–Crippen MR) is 115 cm³/mol. The lowest BCUT2D eigenvalue weighted by Crippen LogP contribution is -2.32. The van der Waals surface area contributed by atoms with E-state index in [4.69, 9.17) is 4.74 Å². The molecule has 0 fully saturated rings. The van der Waals surface area contributed by atoms with E-state index < -0.39 is 15.9 Å². The Labute approximate surface area is 177 Å². The van der Waals surface area contributed by atoms with Gasteiger partial charge in [-0.05, 0) is 50.6 Å². The first-order chi connectivity index (χ1) is 14.2. The maximum Gasteiger partial charge on any atom is 0.261 e. The van der Waals surface area contributed by atoms with Gasteiger partial charge in [0.1, 0.15) is 5.75 Å². The number of anilines is 1. The van der Waals surface area contributed by atoms with Gasteiger partial charge in [-0.3, -0.25) is 14.3 Å². The number of sulfonamides is 1. The summed E-state index contributed by atoms with van der Waals surface area (Å²) in [6.07, 6.45) is 0.744. The largest absolute Gasteiger partial charge is 0.496 e. The van der Waals surface area contributed by atoms with Crippen LogP contribution in [0, 0.1) is 0 Å². The number of hydrogen-bond donors (Lipinski definition) is 3. The molecule has 3 N–H and O–H groups in total. The molecule has 30 heavy (non-hydrogen) atoms. The van der Waals surface area contributed by atoms with Crippen LogP contribution in [0.1, 0.15) is 47.9 Å². The van der Waals surface area contributed by atoms with Crippen molar-refractivity contribution in [2.45, 2.75) is 38.1 Å². The fraction of sp³-hybridized carbons (Fsp3) is 0.333. The summed E-state index contributed by atoms with van der Waals surface area (Å²) in [6, 6.07) is 10.3. The zero-order valence-corrected chi connectivity index (χ0v) is 18.3. The van der Waals surface area contributed by atoms with Crippen molar-refractivity contribution in [3.63, 3.8) is 0 Å². The standard InChI is InChI=1S/C21H27N3O5S/c1-5-14(3)23-21(26)16-9-7-8-10-18(16)24-30(27,28)15-11-12-19(29-4)17(13-15)20(25)22-6-2/h7-14,24H,5-6H2,1-4H3,(H,22,25)(H,23,26)/t14-/m1/s1. The normalized spacial score (nSPS) is 12.0. The topological polar surface area (TPSA) is 114 Å². The third-order valence-corrected chi connectivity index (χ3v) is 5.83. The molecule has 1 atom stereocenters. The number of benzene rings is 2. The zero-order valence-electron chi connectivity index (χ0n) is 17.5. The smallest absolute Gasteiger partial charge is 0.261 e. The number of nitrogens with one attached hydrogen (secondary N) is 3. The molecule has 8 nitrogen and oxygen atoms in total. The molecule has 0 unspecified atom stereocenters. The number of methoxy groups -OCH3 is 1. The van der Waals surface area contributed by atoms with E-state index in [0.29, 0.717) is 6.54 Å². The molecule has 2 aromatic carbocycles. The van der Waals surface area contributed by atoms with Crippen molar-refractivity contribution in [3.05, 3.63) is 53.6 Å². The first-order valence-corrected chi connectivity index (χ1v) is 11.1. The summed E-state index contributed by atoms with van der Waals surface area (Å²) >= 11 is 0. The number of rotatable bonds is 9. The van der Waals surface area contributed by atoms with Gasteiger partial charge in [-0.2, -0.15) is 0 Å². The average Bonchev–Trinajstić information content (AvgIpc) is 2.73. The van der Waals surface area contributed by atoms with Crippen LogP contribution in [0.25, 0.3) is 0 Å². The molecule has 162 valence electrons. The Morgan fingerprint density at radius 2 is 1.73 bits per heavy atom. The van der Waals surface area contributed by atoms with Gasteiger partial charge in [-0.25, -0.2) is 8.42 Å². The maximum absolute atomic E-state index is 13.0. The van der Waals surface area contributed by atoms with Crippen LogP contribution in [-0.4, -0.2) is 39.9 Å². The van der Waals surface area contributed by atoms with Crippen LogP contribution in [0.3, 0.4) is 0 Å². The highest BCUT2D eigenvalue weighted by atomic mass is 32.2. The van der Waals surface area contributed by atoms with Crippen LogP contribution < -0.4 is 20.1 Å². The molecule has 0 aromatic heterocycles. The van der Waals surface area contributed by atoms with Gasteiger partial charge < -0.3 is 15.4 Å². The zero-order chi connectivity index (χ0) is 22.3. The molecule has 0 saturated carbocycles. The minimum absolute atomic E-state index is 0.0524. The molecule has 9 heteroatoms. The number of amides is 2. The van der Waals surface area contributed by atoms with E-state index in [9.17, 15) is 18.0 Å². The molecule has 2 aromatic rings. The van der Waals surface area contributed by atoms with Gasteiger partial charge in [0.15, 0.2) is 0 Å². The molecule has 0 radical (unpaired) electrons. The Kier molecular flexibility index (Phi) is 7.82. The number of hydrogen-bond acceptors (Lipinski definition) is 5. The van der Waals surface area contributed by atoms with E-state index in [1.54, 1.807) is 25.1 Å². The number of carbonyl (C=O) groups excluding carboxylic acids is 2. The first-order valence-electron chi connectivity index (χ1n) is 9.62. The van der Waals surface area contributed by atoms with Crippen molar-refractivity contribution < 1.29 is 22.7 Å². The van der Waals surface area contributed by atoms with Crippen molar-refractivity contribution in [3.8, 4) is 5.75 Å². The Morgan fingerprint density at radius 3 is 2.37 bits per heavy atom. The van der Waals surface area contributed by atoms with Crippen LogP contribution in [0.4, 0.5) is 5.69 Å². The Morgan fingerprint density at radius 1 is 1.03 bits per heavy atom. The summed E-state index contributed by atoms with van der Waals surface area (Å²) in [4.78, 5) is 24.7. The van der Waals surface area contributed by atoms with Gasteiger partial charge in [0.05, 0.1) is 28.8 Å². The van der Waals surface area contributed by atoms with E-state index in [0.717, 1.165) is 6.42 Å². The van der Waals surface area contributed by atoms with Gasteiger partial charge in [-0.1, -0.05) is 19.1 Å². The minimum Gasteiger partial charge on any atom is -0.496 e. The van der Waals surface area contributed by atoms with E-state index in [-0.39, 0.29) is 39.4 Å². The summed E-state index contributed by atoms with van der Waals surface area (Å²) in [5.41, 5.74) is 0.456. The SMILES string of the molecule is CCNC(=O)c1cc(S(=O)(=O)Nc2ccccc2C(=O)N[C@H](C)CC)ccc1OC. The van der Waals surface area contributed by atoms with Gasteiger partial charge in [0.2, 0.25) is 0 Å². The van der Waals surface area contributed by atoms with Crippen LogP contribution in [-0.2, 0) is 10.0 Å². The van der Waals surface area contributed by atoms with Gasteiger partial charge in [0.25, 0.3) is 21.8 Å². The second-order valence-electron chi connectivity index (χ2n) is 6.66. The third-order valence-electron chi connectivity index (χ3n) is 4.47. The fourth-order valence-electron chi connectivity index (χ4n) is 2.66. The van der Waals surface area contributed by atoms with Crippen LogP contribution >= 0.6 is 0 Å². The minimum atomic E-state index is -4.06. The van der Waals surface area contributed by atoms with Crippen molar-refractivity contribution in [1.82, 2.24) is 10.6 Å². The first kappa shape index (κ1) is 23.2. The van der Waals surface area contributed by atoms with Crippen molar-refractivity contribution >= 4 is 27.5 Å². The van der Waals surface area contributed by atoms with Crippen molar-refractivity contribution in [2.24, 2.45) is 0 Å². The Hall–Kier alpha value is -3.07. The molecule has 2 amide bonds. The second kappa shape index (κ2) is 10.1. The van der Waals surface area contributed by atoms with E-state index in [1.165, 1.54) is 31.4 Å². The molecular formula is C21H27N3O5S. The summed E-state index contributed by atoms with van der Waals surface area (Å²) in [5.74, 6) is -0.562. The molecule has 0 aliphatic carbocycles. The molecule has 2 rings (SSSR count). The van der Waals surface area contributed by atoms with Gasteiger partial charge in [0, 0.05) is 12.6 Å². The lowest BCUT2D eigenvalue weighted by Gasteiger charge is -2.16. The highest BCUT2D eigenvalue weighted by molar-refractivity contribution is 7.92. The Balaban J connectivity index is 2.39. The average molecular weight is 434 g/mol. The van der Waals surface area contributed by atoms with Crippen LogP contribution in [0.5, 0.6) is 5.75 Å². The summed E-state index contributed by atoms with van der Waals surface area (Å²) in [5, 5.41) is 5.45. The molecule has 0 saturated heterocycles. The fourth-order valence-corrected chi connectivity index (χ4v) is 3.77. The number of para-hydroxylation sites is 1. The lowest BCUT2D eigenvalue weighted by atomic mass is 10.1. The predicted octanol–water partition coefficient (Wildman–Crippen LogP) is 2.77. The molecule has 0 bridgehead atoms. The van der Waals surface area contributed by atoms with E-state index >= 15 is 0 Å². The highest BCUT2D eigenvalue weighted by Gasteiger charge is 2.22. The second-order valence-corrected chi connectivity index (χ2v) is 8.34. The van der Waals surface area contributed by atoms with E-state index in [2.05, 4.69) is 15.4 Å². The van der Waals surface area contributed by atoms with Crippen LogP contribution in [0.2, 0.25) is 0 Å². The lowest BCUT2D eigenvalue weighted by molar-refractivity contribution is 0.0936.